The molecule has 0 bridgehead atoms. The van der Waals surface area contributed by atoms with E-state index in [1.54, 1.807) is 0 Å². The summed E-state index contributed by atoms with van der Waals surface area (Å²) >= 11 is 0. The van der Waals surface area contributed by atoms with Crippen LogP contribution >= 0.6 is 15.6 Å². The molecule has 566 valence electrons. The number of unbranched alkanes of at least 4 members (excludes halogenated alkanes) is 30. The van der Waals surface area contributed by atoms with Crippen LogP contribution in [0, 0.1) is 0 Å². The Morgan fingerprint density at radius 3 is 0.847 bits per heavy atom. The van der Waals surface area contributed by atoms with Crippen LogP contribution in [0.2, 0.25) is 0 Å². The van der Waals surface area contributed by atoms with Crippen molar-refractivity contribution in [2.45, 2.75) is 341 Å². The molecular weight excluding hydrogens is 1280 g/mol. The van der Waals surface area contributed by atoms with Crippen LogP contribution in [0.25, 0.3) is 0 Å². The number of carbonyl (C=O) groups excluding carboxylic acids is 4. The van der Waals surface area contributed by atoms with Gasteiger partial charge in [-0.15, -0.1) is 0 Å². The molecule has 0 rings (SSSR count). The number of hydrogen-bond donors (Lipinski definition) is 3. The second kappa shape index (κ2) is 71.4. The number of esters is 4. The number of rotatable bonds is 72. The van der Waals surface area contributed by atoms with Crippen LogP contribution in [0.4, 0.5) is 0 Å². The van der Waals surface area contributed by atoms with Crippen molar-refractivity contribution in [1.82, 2.24) is 0 Å². The number of phosphoric acid groups is 2. The number of aliphatic hydroxyl groups is 1. The molecule has 0 aliphatic heterocycles. The predicted octanol–water partition coefficient (Wildman–Crippen LogP) is 22.0. The topological polar surface area (TPSA) is 237 Å². The van der Waals surface area contributed by atoms with Gasteiger partial charge < -0.3 is 33.8 Å². The SMILES string of the molecule is CCC/C=C\C/C=C\CCCCCCCC(=O)OC(COC(=O)CCCCCCC/C=C\C/C=C\CCCCC)COP(=O)(O)OCC(O)COP(=O)(O)OCC(COC(=O)CCCCCCCC/C=C\C/C=C\C/C=C\CCCCC)OC(=O)CCCCCCC/C=C\CCCC. The molecule has 0 spiro atoms. The maximum atomic E-state index is 13.1. The largest absolute Gasteiger partial charge is 0.472 e. The van der Waals surface area contributed by atoms with Crippen LogP contribution in [0.5, 0.6) is 0 Å². The normalized spacial score (nSPS) is 14.5. The Balaban J connectivity index is 5.32. The van der Waals surface area contributed by atoms with Gasteiger partial charge in [0.25, 0.3) is 0 Å². The predicted molar refractivity (Wildman–Crippen MR) is 399 cm³/mol. The van der Waals surface area contributed by atoms with Crippen molar-refractivity contribution in [2.24, 2.45) is 0 Å². The molecule has 0 aromatic heterocycles. The minimum Gasteiger partial charge on any atom is -0.462 e. The summed E-state index contributed by atoms with van der Waals surface area (Å²) in [6.07, 6.45) is 74.0. The van der Waals surface area contributed by atoms with E-state index >= 15 is 0 Å². The van der Waals surface area contributed by atoms with Crippen molar-refractivity contribution >= 4 is 39.5 Å². The van der Waals surface area contributed by atoms with Gasteiger partial charge in [0, 0.05) is 25.7 Å². The Morgan fingerprint density at radius 2 is 0.531 bits per heavy atom. The first-order valence-electron chi connectivity index (χ1n) is 38.5. The number of aliphatic hydroxyl groups excluding tert-OH is 1. The van der Waals surface area contributed by atoms with E-state index in [1.165, 1.54) is 51.4 Å². The summed E-state index contributed by atoms with van der Waals surface area (Å²) in [5.74, 6) is -2.22. The molecule has 17 nitrogen and oxygen atoms in total. The molecule has 0 saturated carbocycles. The highest BCUT2D eigenvalue weighted by Gasteiger charge is 2.30. The lowest BCUT2D eigenvalue weighted by Gasteiger charge is -2.21. The Morgan fingerprint density at radius 1 is 0.286 bits per heavy atom. The lowest BCUT2D eigenvalue weighted by Crippen LogP contribution is -2.30. The van der Waals surface area contributed by atoms with E-state index in [0.717, 1.165) is 193 Å². The fraction of sp³-hybridized carbons (Fsp3) is 0.747. The lowest BCUT2D eigenvalue weighted by atomic mass is 10.1. The molecule has 5 unspecified atom stereocenters. The molecule has 0 aliphatic rings. The van der Waals surface area contributed by atoms with E-state index in [1.807, 2.05) is 0 Å². The van der Waals surface area contributed by atoms with Gasteiger partial charge in [-0.2, -0.15) is 0 Å². The van der Waals surface area contributed by atoms with Crippen LogP contribution < -0.4 is 0 Å². The molecule has 3 N–H and O–H groups in total. The highest BCUT2D eigenvalue weighted by Crippen LogP contribution is 2.45. The number of carbonyl (C=O) groups is 4. The maximum absolute atomic E-state index is 13.1. The van der Waals surface area contributed by atoms with Crippen LogP contribution in [0.1, 0.15) is 323 Å². The van der Waals surface area contributed by atoms with Gasteiger partial charge >= 0.3 is 39.5 Å². The highest BCUT2D eigenvalue weighted by atomic mass is 31.2. The third-order valence-corrected chi connectivity index (χ3v) is 17.9. The molecule has 0 amide bonds. The molecule has 0 aliphatic carbocycles. The third-order valence-electron chi connectivity index (χ3n) is 16.0. The van der Waals surface area contributed by atoms with E-state index in [2.05, 4.69) is 125 Å². The molecule has 0 radical (unpaired) electrons. The Hall–Kier alpha value is -4.02. The summed E-state index contributed by atoms with van der Waals surface area (Å²) in [6, 6.07) is 0. The van der Waals surface area contributed by atoms with Crippen LogP contribution in [-0.2, 0) is 65.4 Å². The Bertz CT molecular complexity index is 2240. The zero-order valence-corrected chi connectivity index (χ0v) is 63.5. The first kappa shape index (κ1) is 94.0. The highest BCUT2D eigenvalue weighted by molar-refractivity contribution is 7.47. The maximum Gasteiger partial charge on any atom is 0.472 e. The third kappa shape index (κ3) is 70.4. The van der Waals surface area contributed by atoms with E-state index in [-0.39, 0.29) is 25.7 Å². The molecule has 19 heteroatoms. The molecule has 0 aromatic carbocycles. The minimum absolute atomic E-state index is 0.0756. The summed E-state index contributed by atoms with van der Waals surface area (Å²) in [6.45, 7) is 4.67. The fourth-order valence-electron chi connectivity index (χ4n) is 10.0. The average molecular weight is 1420 g/mol. The van der Waals surface area contributed by atoms with Gasteiger partial charge in [-0.3, -0.25) is 37.3 Å². The zero-order chi connectivity index (χ0) is 71.8. The van der Waals surface area contributed by atoms with Gasteiger partial charge in [-0.05, 0) is 141 Å². The van der Waals surface area contributed by atoms with E-state index < -0.39 is 97.5 Å². The molecule has 0 saturated heterocycles. The molecule has 0 aromatic rings. The summed E-state index contributed by atoms with van der Waals surface area (Å²) in [5, 5.41) is 10.6. The average Bonchev–Trinajstić information content (AvgIpc) is 0.982. The Labute approximate surface area is 595 Å². The number of allylic oxidation sites excluding steroid dienone is 16. The summed E-state index contributed by atoms with van der Waals surface area (Å²) in [5.41, 5.74) is 0. The van der Waals surface area contributed by atoms with E-state index in [9.17, 15) is 43.2 Å². The smallest absolute Gasteiger partial charge is 0.462 e. The van der Waals surface area contributed by atoms with Crippen molar-refractivity contribution < 1.29 is 80.2 Å². The van der Waals surface area contributed by atoms with Crippen LogP contribution in [0.15, 0.2) is 97.2 Å². The summed E-state index contributed by atoms with van der Waals surface area (Å²) < 4.78 is 68.4. The van der Waals surface area contributed by atoms with E-state index in [0.29, 0.717) is 25.7 Å². The van der Waals surface area contributed by atoms with Gasteiger partial charge in [0.1, 0.15) is 19.3 Å². The minimum atomic E-state index is -4.98. The fourth-order valence-corrected chi connectivity index (χ4v) is 11.6. The summed E-state index contributed by atoms with van der Waals surface area (Å²) in [7, 11) is -9.96. The molecular formula is C79H138O17P2. The van der Waals surface area contributed by atoms with Gasteiger partial charge in [-0.1, -0.05) is 253 Å². The van der Waals surface area contributed by atoms with Gasteiger partial charge in [0.05, 0.1) is 26.4 Å². The lowest BCUT2D eigenvalue weighted by molar-refractivity contribution is -0.161. The number of ether oxygens (including phenoxy) is 4. The van der Waals surface area contributed by atoms with Gasteiger partial charge in [-0.25, -0.2) is 9.13 Å². The first-order chi connectivity index (χ1) is 47.7. The monoisotopic (exact) mass is 1420 g/mol. The van der Waals surface area contributed by atoms with Crippen molar-refractivity contribution in [3.05, 3.63) is 97.2 Å². The second-order valence-electron chi connectivity index (χ2n) is 25.6. The zero-order valence-electron chi connectivity index (χ0n) is 61.7. The van der Waals surface area contributed by atoms with Crippen molar-refractivity contribution in [1.29, 1.82) is 0 Å². The first-order valence-corrected chi connectivity index (χ1v) is 41.5. The number of hydrogen-bond acceptors (Lipinski definition) is 15. The summed E-state index contributed by atoms with van der Waals surface area (Å²) in [4.78, 5) is 72.8. The molecule has 0 heterocycles. The molecule has 98 heavy (non-hydrogen) atoms. The van der Waals surface area contributed by atoms with Crippen LogP contribution in [0.3, 0.4) is 0 Å². The van der Waals surface area contributed by atoms with Crippen molar-refractivity contribution in [3.63, 3.8) is 0 Å². The molecule has 5 atom stereocenters. The quantitative estimate of drug-likeness (QED) is 0.0169. The molecule has 0 fully saturated rings. The van der Waals surface area contributed by atoms with Crippen molar-refractivity contribution in [3.8, 4) is 0 Å². The standard InChI is InChI=1S/C79H138O17P2/c1-5-9-13-17-21-25-29-32-34-35-36-37-39-42-45-48-52-56-60-64-77(82)89-69-74(95-78(83)65-61-57-53-49-43-28-24-20-16-12-8-4)71-93-97(85,86)91-67-73(80)68-92-98(87,88)94-72-75(96-79(84)66-62-58-54-50-46-40-31-27-23-19-15-11-7-3)70-90-76(81)63-59-55-51-47-44-41-38-33-30-26-22-18-14-10-6-2/h15,19-22,24-27,31-34,36-38,73-75,80H,5-14,16-18,23,28-30,35,39-72H2,1-4H3,(H,85,86)(H,87,88)/b19-15-,24-20-,25-21-,26-22-,31-27-,34-32-,37-36-,38-33-. The van der Waals surface area contributed by atoms with E-state index in [4.69, 9.17) is 37.0 Å². The Kier molecular flexibility index (Phi) is 68.4. The van der Waals surface area contributed by atoms with Crippen LogP contribution in [-0.4, -0.2) is 96.7 Å². The van der Waals surface area contributed by atoms with Gasteiger partial charge in [0.2, 0.25) is 0 Å². The van der Waals surface area contributed by atoms with Crippen molar-refractivity contribution in [2.75, 3.05) is 39.6 Å². The second-order valence-corrected chi connectivity index (χ2v) is 28.5. The number of phosphoric ester groups is 2. The van der Waals surface area contributed by atoms with Gasteiger partial charge in [0.15, 0.2) is 12.2 Å².